The second-order valence-electron chi connectivity index (χ2n) is 4.88. The van der Waals surface area contributed by atoms with Gasteiger partial charge in [-0.05, 0) is 26.0 Å². The van der Waals surface area contributed by atoms with Gasteiger partial charge < -0.3 is 0 Å². The Hall–Kier alpha value is -2.00. The maximum absolute atomic E-state index is 12.8. The number of benzene rings is 1. The molecule has 1 amide bonds. The van der Waals surface area contributed by atoms with Crippen molar-refractivity contribution in [3.8, 4) is 0 Å². The number of aromatic nitrogens is 1. The molecular formula is C16H19N2O+. The van der Waals surface area contributed by atoms with Crippen molar-refractivity contribution in [3.63, 3.8) is 0 Å². The Morgan fingerprint density at radius 3 is 2.21 bits per heavy atom. The first-order valence-corrected chi connectivity index (χ1v) is 6.45. The third-order valence-corrected chi connectivity index (χ3v) is 3.61. The summed E-state index contributed by atoms with van der Waals surface area (Å²) in [6.45, 7) is 4.74. The number of pyridine rings is 1. The molecule has 2 rings (SSSR count). The molecule has 0 saturated carbocycles. The van der Waals surface area contributed by atoms with Crippen LogP contribution in [0.15, 0.2) is 48.8 Å². The van der Waals surface area contributed by atoms with Crippen LogP contribution in [0.4, 0.5) is 5.69 Å². The summed E-state index contributed by atoms with van der Waals surface area (Å²) in [6, 6.07) is 11.5. The Morgan fingerprint density at radius 1 is 1.11 bits per heavy atom. The number of nitrogens with zero attached hydrogens (tertiary/aromatic N) is 2. The maximum Gasteiger partial charge on any atom is 0.350 e. The number of aryl methyl sites for hydroxylation is 1. The molecule has 2 aromatic rings. The third kappa shape index (κ3) is 2.56. The minimum atomic E-state index is 0.105. The van der Waals surface area contributed by atoms with Crippen molar-refractivity contribution in [1.29, 1.82) is 0 Å². The number of rotatable bonds is 3. The Morgan fingerprint density at radius 2 is 1.68 bits per heavy atom. The van der Waals surface area contributed by atoms with E-state index in [1.165, 1.54) is 0 Å². The lowest BCUT2D eigenvalue weighted by atomic mass is 10.1. The SMILES string of the molecule is CC[N+](C)(C(=O)c1ccc(C)cc1)c1ccncc1. The molecule has 1 aromatic carbocycles. The lowest BCUT2D eigenvalue weighted by Gasteiger charge is -2.29. The molecule has 0 spiro atoms. The van der Waals surface area contributed by atoms with Gasteiger partial charge in [-0.2, -0.15) is 0 Å². The molecule has 3 heteroatoms. The van der Waals surface area contributed by atoms with Crippen LogP contribution in [0.5, 0.6) is 0 Å². The zero-order chi connectivity index (χ0) is 13.9. The van der Waals surface area contributed by atoms with Gasteiger partial charge in [-0.25, -0.2) is 9.28 Å². The van der Waals surface area contributed by atoms with Gasteiger partial charge in [0.25, 0.3) is 0 Å². The van der Waals surface area contributed by atoms with Crippen molar-refractivity contribution in [2.75, 3.05) is 13.6 Å². The van der Waals surface area contributed by atoms with E-state index in [0.717, 1.165) is 16.8 Å². The summed E-state index contributed by atoms with van der Waals surface area (Å²) < 4.78 is 0.256. The van der Waals surface area contributed by atoms with Crippen molar-refractivity contribution in [2.45, 2.75) is 13.8 Å². The fourth-order valence-corrected chi connectivity index (χ4v) is 2.10. The summed E-state index contributed by atoms with van der Waals surface area (Å²) in [6.07, 6.45) is 3.45. The summed E-state index contributed by atoms with van der Waals surface area (Å²) in [5.41, 5.74) is 2.86. The van der Waals surface area contributed by atoms with Crippen molar-refractivity contribution in [3.05, 3.63) is 59.9 Å². The van der Waals surface area contributed by atoms with Gasteiger partial charge in [0.05, 0.1) is 19.2 Å². The molecular weight excluding hydrogens is 236 g/mol. The number of quaternary nitrogens is 1. The lowest BCUT2D eigenvalue weighted by Crippen LogP contribution is -2.50. The Bertz CT molecular complexity index is 563. The molecule has 1 unspecified atom stereocenters. The van der Waals surface area contributed by atoms with Gasteiger partial charge in [-0.15, -0.1) is 0 Å². The molecule has 0 N–H and O–H groups in total. The zero-order valence-corrected chi connectivity index (χ0v) is 11.6. The molecule has 1 aromatic heterocycles. The Labute approximate surface area is 114 Å². The van der Waals surface area contributed by atoms with Crippen LogP contribution < -0.4 is 4.48 Å². The van der Waals surface area contributed by atoms with E-state index in [1.807, 2.05) is 57.3 Å². The predicted molar refractivity (Wildman–Crippen MR) is 78.0 cm³/mol. The van der Waals surface area contributed by atoms with Gasteiger partial charge in [0.2, 0.25) is 0 Å². The van der Waals surface area contributed by atoms with Gasteiger partial charge in [-0.1, -0.05) is 17.7 Å². The van der Waals surface area contributed by atoms with Gasteiger partial charge in [-0.3, -0.25) is 4.98 Å². The highest BCUT2D eigenvalue weighted by molar-refractivity contribution is 6.01. The van der Waals surface area contributed by atoms with Crippen LogP contribution in [0.2, 0.25) is 0 Å². The van der Waals surface area contributed by atoms with E-state index in [1.54, 1.807) is 12.4 Å². The standard InChI is InChI=1S/C16H19N2O/c1-4-18(3,15-9-11-17-12-10-15)16(19)14-7-5-13(2)6-8-14/h5-12H,4H2,1-3H3/q+1. The molecule has 3 nitrogen and oxygen atoms in total. The monoisotopic (exact) mass is 255 g/mol. The molecule has 1 atom stereocenters. The first-order chi connectivity index (χ1) is 9.08. The number of carbonyl (C=O) groups excluding carboxylic acids is 1. The quantitative estimate of drug-likeness (QED) is 0.788. The molecule has 98 valence electrons. The first-order valence-electron chi connectivity index (χ1n) is 6.45. The molecule has 0 aliphatic heterocycles. The van der Waals surface area contributed by atoms with Crippen LogP contribution in [0.1, 0.15) is 22.8 Å². The number of hydrogen-bond donors (Lipinski definition) is 0. The minimum absolute atomic E-state index is 0.105. The molecule has 0 aliphatic rings. The van der Waals surface area contributed by atoms with E-state index in [2.05, 4.69) is 4.98 Å². The number of amides is 1. The van der Waals surface area contributed by atoms with E-state index in [-0.39, 0.29) is 10.4 Å². The van der Waals surface area contributed by atoms with Crippen LogP contribution in [-0.2, 0) is 0 Å². The van der Waals surface area contributed by atoms with Crippen molar-refractivity contribution >= 4 is 11.6 Å². The average Bonchev–Trinajstić information content (AvgIpc) is 2.47. The Kier molecular flexibility index (Phi) is 3.76. The van der Waals surface area contributed by atoms with Gasteiger partial charge in [0, 0.05) is 24.5 Å². The van der Waals surface area contributed by atoms with Crippen molar-refractivity contribution in [1.82, 2.24) is 9.47 Å². The molecule has 19 heavy (non-hydrogen) atoms. The van der Waals surface area contributed by atoms with Gasteiger partial charge in [0.15, 0.2) is 0 Å². The third-order valence-electron chi connectivity index (χ3n) is 3.61. The van der Waals surface area contributed by atoms with Crippen LogP contribution in [0.3, 0.4) is 0 Å². The van der Waals surface area contributed by atoms with Crippen molar-refractivity contribution in [2.24, 2.45) is 0 Å². The van der Waals surface area contributed by atoms with Crippen LogP contribution in [-0.4, -0.2) is 24.5 Å². The molecule has 0 radical (unpaired) electrons. The average molecular weight is 255 g/mol. The van der Waals surface area contributed by atoms with E-state index < -0.39 is 0 Å². The van der Waals surface area contributed by atoms with Gasteiger partial charge >= 0.3 is 5.91 Å². The molecule has 0 aliphatic carbocycles. The second kappa shape index (κ2) is 5.33. The van der Waals surface area contributed by atoms with E-state index >= 15 is 0 Å². The normalized spacial score (nSPS) is 13.8. The van der Waals surface area contributed by atoms with Gasteiger partial charge in [0.1, 0.15) is 5.69 Å². The largest absolute Gasteiger partial charge is 0.350 e. The highest BCUT2D eigenvalue weighted by Gasteiger charge is 2.33. The molecule has 0 bridgehead atoms. The summed E-state index contributed by atoms with van der Waals surface area (Å²) in [4.78, 5) is 16.8. The lowest BCUT2D eigenvalue weighted by molar-refractivity contribution is 0.0807. The summed E-state index contributed by atoms with van der Waals surface area (Å²) in [5, 5.41) is 0. The fourth-order valence-electron chi connectivity index (χ4n) is 2.10. The minimum Gasteiger partial charge on any atom is -0.264 e. The first kappa shape index (κ1) is 13.4. The molecule has 0 saturated heterocycles. The topological polar surface area (TPSA) is 30.0 Å². The van der Waals surface area contributed by atoms with E-state index in [9.17, 15) is 4.79 Å². The summed E-state index contributed by atoms with van der Waals surface area (Å²) >= 11 is 0. The van der Waals surface area contributed by atoms with E-state index in [0.29, 0.717) is 6.54 Å². The zero-order valence-electron chi connectivity index (χ0n) is 11.6. The highest BCUT2D eigenvalue weighted by atomic mass is 16.2. The number of carbonyl (C=O) groups is 1. The molecule has 1 heterocycles. The summed E-state index contributed by atoms with van der Waals surface area (Å²) in [7, 11) is 1.94. The number of hydrogen-bond acceptors (Lipinski definition) is 2. The van der Waals surface area contributed by atoms with E-state index in [4.69, 9.17) is 0 Å². The fraction of sp³-hybridized carbons (Fsp3) is 0.250. The molecule has 0 fully saturated rings. The second-order valence-corrected chi connectivity index (χ2v) is 4.88. The maximum atomic E-state index is 12.8. The Balaban J connectivity index is 2.41. The van der Waals surface area contributed by atoms with Crippen LogP contribution >= 0.6 is 0 Å². The van der Waals surface area contributed by atoms with Crippen LogP contribution in [0, 0.1) is 6.92 Å². The predicted octanol–water partition coefficient (Wildman–Crippen LogP) is 3.19. The van der Waals surface area contributed by atoms with Crippen molar-refractivity contribution < 1.29 is 4.79 Å². The summed E-state index contributed by atoms with van der Waals surface area (Å²) in [5.74, 6) is 0.105. The highest BCUT2D eigenvalue weighted by Crippen LogP contribution is 2.23. The van der Waals surface area contributed by atoms with Crippen LogP contribution in [0.25, 0.3) is 0 Å². The smallest absolute Gasteiger partial charge is 0.264 e.